The summed E-state index contributed by atoms with van der Waals surface area (Å²) in [5.41, 5.74) is -0.0750. The molecule has 0 bridgehead atoms. The second-order valence-electron chi connectivity index (χ2n) is 5.45. The molecule has 1 unspecified atom stereocenters. The molecule has 17 heavy (non-hydrogen) atoms. The van der Waals surface area contributed by atoms with E-state index < -0.39 is 0 Å². The second kappa shape index (κ2) is 8.48. The first-order chi connectivity index (χ1) is 7.93. The van der Waals surface area contributed by atoms with Gasteiger partial charge in [-0.05, 0) is 12.3 Å². The minimum absolute atomic E-state index is 0.0750. The van der Waals surface area contributed by atoms with Gasteiger partial charge in [0.1, 0.15) is 0 Å². The van der Waals surface area contributed by atoms with E-state index in [-0.39, 0.29) is 17.9 Å². The van der Waals surface area contributed by atoms with Crippen LogP contribution >= 0.6 is 0 Å². The zero-order valence-corrected chi connectivity index (χ0v) is 11.7. The van der Waals surface area contributed by atoms with Gasteiger partial charge < -0.3 is 15.7 Å². The molecule has 0 aromatic heterocycles. The molecular weight excluding hydrogens is 216 g/mol. The zero-order chi connectivity index (χ0) is 13.3. The highest BCUT2D eigenvalue weighted by molar-refractivity contribution is 5.76. The van der Waals surface area contributed by atoms with Gasteiger partial charge in [0, 0.05) is 38.1 Å². The van der Waals surface area contributed by atoms with E-state index in [4.69, 9.17) is 0 Å². The van der Waals surface area contributed by atoms with Crippen molar-refractivity contribution in [3.63, 3.8) is 0 Å². The van der Waals surface area contributed by atoms with Gasteiger partial charge in [-0.3, -0.25) is 4.79 Å². The van der Waals surface area contributed by atoms with Crippen LogP contribution in [0.15, 0.2) is 0 Å². The molecule has 0 fully saturated rings. The molecule has 102 valence electrons. The topological polar surface area (TPSA) is 61.4 Å². The lowest BCUT2D eigenvalue weighted by Crippen LogP contribution is -2.36. The van der Waals surface area contributed by atoms with Crippen molar-refractivity contribution in [2.45, 2.75) is 40.5 Å². The van der Waals surface area contributed by atoms with Crippen molar-refractivity contribution in [2.75, 3.05) is 26.2 Å². The lowest BCUT2D eigenvalue weighted by atomic mass is 9.89. The molecule has 0 saturated heterocycles. The summed E-state index contributed by atoms with van der Waals surface area (Å²) in [5, 5.41) is 15.3. The third-order valence-corrected chi connectivity index (χ3v) is 3.02. The Kier molecular flexibility index (Phi) is 8.17. The summed E-state index contributed by atoms with van der Waals surface area (Å²) in [5.74, 6) is 0.582. The molecule has 0 rings (SSSR count). The Morgan fingerprint density at radius 3 is 2.53 bits per heavy atom. The van der Waals surface area contributed by atoms with Gasteiger partial charge >= 0.3 is 0 Å². The minimum Gasteiger partial charge on any atom is -0.396 e. The van der Waals surface area contributed by atoms with Crippen LogP contribution in [0.25, 0.3) is 0 Å². The number of carbonyl (C=O) groups excluding carboxylic acids is 1. The maximum Gasteiger partial charge on any atom is 0.221 e. The summed E-state index contributed by atoms with van der Waals surface area (Å²) < 4.78 is 0. The number of aliphatic hydroxyl groups is 1. The Labute approximate surface area is 105 Å². The fourth-order valence-electron chi connectivity index (χ4n) is 1.29. The summed E-state index contributed by atoms with van der Waals surface area (Å²) in [4.78, 5) is 11.4. The highest BCUT2D eigenvalue weighted by Gasteiger charge is 2.20. The summed E-state index contributed by atoms with van der Waals surface area (Å²) in [6.07, 6.45) is 1.42. The van der Waals surface area contributed by atoms with Gasteiger partial charge in [0.2, 0.25) is 5.91 Å². The van der Waals surface area contributed by atoms with Crippen LogP contribution in [0.5, 0.6) is 0 Å². The van der Waals surface area contributed by atoms with Crippen LogP contribution in [0, 0.1) is 11.3 Å². The molecule has 0 heterocycles. The van der Waals surface area contributed by atoms with Crippen LogP contribution in [0.1, 0.15) is 40.5 Å². The van der Waals surface area contributed by atoms with Gasteiger partial charge in [-0.15, -0.1) is 0 Å². The first-order valence-electron chi connectivity index (χ1n) is 6.52. The Balaban J connectivity index is 3.60. The van der Waals surface area contributed by atoms with E-state index in [1.54, 1.807) is 0 Å². The van der Waals surface area contributed by atoms with Crippen LogP contribution in [0.4, 0.5) is 0 Å². The highest BCUT2D eigenvalue weighted by atomic mass is 16.3. The van der Waals surface area contributed by atoms with E-state index in [1.165, 1.54) is 0 Å². The van der Waals surface area contributed by atoms with E-state index in [1.807, 2.05) is 6.92 Å². The number of aliphatic hydroxyl groups excluding tert-OH is 1. The Morgan fingerprint density at radius 1 is 1.41 bits per heavy atom. The van der Waals surface area contributed by atoms with Gasteiger partial charge in [0.25, 0.3) is 0 Å². The van der Waals surface area contributed by atoms with Crippen molar-refractivity contribution >= 4 is 5.91 Å². The highest BCUT2D eigenvalue weighted by Crippen LogP contribution is 2.17. The molecule has 0 saturated carbocycles. The van der Waals surface area contributed by atoms with Crippen molar-refractivity contribution in [1.82, 2.24) is 10.6 Å². The van der Waals surface area contributed by atoms with Gasteiger partial charge in [-0.1, -0.05) is 27.7 Å². The van der Waals surface area contributed by atoms with Crippen molar-refractivity contribution in [1.29, 1.82) is 0 Å². The number of amides is 1. The standard InChI is InChI=1S/C13H28N2O2/c1-5-13(4,10-16)9-14-7-6-12(17)15-8-11(2)3/h11,14,16H,5-10H2,1-4H3,(H,15,17). The Hall–Kier alpha value is -0.610. The molecule has 0 aliphatic carbocycles. The normalized spacial score (nSPS) is 14.7. The number of rotatable bonds is 9. The smallest absolute Gasteiger partial charge is 0.221 e. The van der Waals surface area contributed by atoms with Crippen LogP contribution in [-0.2, 0) is 4.79 Å². The van der Waals surface area contributed by atoms with Crippen molar-refractivity contribution in [3.8, 4) is 0 Å². The molecule has 0 aliphatic heterocycles. The molecule has 4 heteroatoms. The monoisotopic (exact) mass is 244 g/mol. The first kappa shape index (κ1) is 16.4. The lowest BCUT2D eigenvalue weighted by molar-refractivity contribution is -0.121. The van der Waals surface area contributed by atoms with Crippen LogP contribution < -0.4 is 10.6 Å². The quantitative estimate of drug-likeness (QED) is 0.533. The molecule has 3 N–H and O–H groups in total. The van der Waals surface area contributed by atoms with Crippen molar-refractivity contribution < 1.29 is 9.90 Å². The Bertz CT molecular complexity index is 213. The molecule has 1 atom stereocenters. The molecule has 0 radical (unpaired) electrons. The molecule has 0 aromatic rings. The number of hydrogen-bond donors (Lipinski definition) is 3. The minimum atomic E-state index is -0.0750. The number of nitrogens with one attached hydrogen (secondary N) is 2. The van der Waals surface area contributed by atoms with Crippen LogP contribution in [-0.4, -0.2) is 37.3 Å². The van der Waals surface area contributed by atoms with E-state index in [0.717, 1.165) is 19.5 Å². The number of hydrogen-bond acceptors (Lipinski definition) is 3. The first-order valence-corrected chi connectivity index (χ1v) is 6.52. The summed E-state index contributed by atoms with van der Waals surface area (Å²) in [7, 11) is 0. The maximum atomic E-state index is 11.4. The fourth-order valence-corrected chi connectivity index (χ4v) is 1.29. The van der Waals surface area contributed by atoms with Crippen LogP contribution in [0.3, 0.4) is 0 Å². The third kappa shape index (κ3) is 8.16. The average molecular weight is 244 g/mol. The van der Waals surface area contributed by atoms with Crippen molar-refractivity contribution in [3.05, 3.63) is 0 Å². The van der Waals surface area contributed by atoms with Gasteiger partial charge in [0.15, 0.2) is 0 Å². The number of carbonyl (C=O) groups is 1. The summed E-state index contributed by atoms with van der Waals surface area (Å²) in [6, 6.07) is 0. The Morgan fingerprint density at radius 2 is 2.06 bits per heavy atom. The van der Waals surface area contributed by atoms with E-state index >= 15 is 0 Å². The molecular formula is C13H28N2O2. The third-order valence-electron chi connectivity index (χ3n) is 3.02. The molecule has 0 aromatic carbocycles. The molecule has 0 spiro atoms. The van der Waals surface area contributed by atoms with E-state index in [9.17, 15) is 9.90 Å². The zero-order valence-electron chi connectivity index (χ0n) is 11.7. The SMILES string of the molecule is CCC(C)(CO)CNCCC(=O)NCC(C)C. The average Bonchev–Trinajstić information content (AvgIpc) is 2.31. The maximum absolute atomic E-state index is 11.4. The molecule has 0 aliphatic rings. The fraction of sp³-hybridized carbons (Fsp3) is 0.923. The van der Waals surface area contributed by atoms with Gasteiger partial charge in [-0.25, -0.2) is 0 Å². The van der Waals surface area contributed by atoms with Gasteiger partial charge in [0.05, 0.1) is 0 Å². The second-order valence-corrected chi connectivity index (χ2v) is 5.45. The van der Waals surface area contributed by atoms with Gasteiger partial charge in [-0.2, -0.15) is 0 Å². The van der Waals surface area contributed by atoms with E-state index in [0.29, 0.717) is 18.9 Å². The van der Waals surface area contributed by atoms with Crippen LogP contribution in [0.2, 0.25) is 0 Å². The largest absolute Gasteiger partial charge is 0.396 e. The predicted octanol–water partition coefficient (Wildman–Crippen LogP) is 1.15. The predicted molar refractivity (Wildman–Crippen MR) is 70.8 cm³/mol. The lowest BCUT2D eigenvalue weighted by Gasteiger charge is -2.25. The molecule has 4 nitrogen and oxygen atoms in total. The van der Waals surface area contributed by atoms with E-state index in [2.05, 4.69) is 31.4 Å². The van der Waals surface area contributed by atoms with Crippen molar-refractivity contribution in [2.24, 2.45) is 11.3 Å². The summed E-state index contributed by atoms with van der Waals surface area (Å²) in [6.45, 7) is 10.6. The summed E-state index contributed by atoms with van der Waals surface area (Å²) >= 11 is 0. The molecule has 1 amide bonds.